The van der Waals surface area contributed by atoms with Crippen molar-refractivity contribution in [3.63, 3.8) is 0 Å². The molecule has 0 saturated heterocycles. The van der Waals surface area contributed by atoms with Crippen molar-refractivity contribution in [2.75, 3.05) is 12.9 Å². The Labute approximate surface area is 285 Å². The molecule has 0 N–H and O–H groups in total. The molecule has 0 atom stereocenters. The van der Waals surface area contributed by atoms with Crippen molar-refractivity contribution in [3.05, 3.63) is 169 Å². The quantitative estimate of drug-likeness (QED) is 0.0817. The fraction of sp³-hybridized carbons (Fsp3) is 0.140. The molecule has 2 nitrogen and oxygen atoms in total. The van der Waals surface area contributed by atoms with Crippen LogP contribution in [0.5, 0.6) is 5.75 Å². The van der Waals surface area contributed by atoms with Crippen molar-refractivity contribution >= 4 is 40.9 Å². The van der Waals surface area contributed by atoms with Crippen LogP contribution in [0, 0.1) is 0 Å². The lowest BCUT2D eigenvalue weighted by Gasteiger charge is -2.43. The van der Waals surface area contributed by atoms with E-state index in [1.54, 1.807) is 7.11 Å². The first-order chi connectivity index (χ1) is 23.1. The minimum absolute atomic E-state index is 0.0466. The van der Waals surface area contributed by atoms with Crippen molar-refractivity contribution < 1.29 is 9.53 Å². The predicted molar refractivity (Wildman–Crippen MR) is 207 cm³/mol. The van der Waals surface area contributed by atoms with E-state index in [0.29, 0.717) is 5.56 Å². The van der Waals surface area contributed by atoms with Crippen LogP contribution in [0.2, 0.25) is 6.32 Å². The van der Waals surface area contributed by atoms with E-state index in [1.807, 2.05) is 72.8 Å². The molecule has 0 fully saturated rings. The number of ether oxygens (including phenoxy) is 1. The van der Waals surface area contributed by atoms with E-state index in [9.17, 15) is 4.79 Å². The van der Waals surface area contributed by atoms with Crippen molar-refractivity contribution in [2.45, 2.75) is 26.1 Å². The Kier molecular flexibility index (Phi) is 11.9. The van der Waals surface area contributed by atoms with E-state index in [-0.39, 0.29) is 11.5 Å². The zero-order valence-corrected chi connectivity index (χ0v) is 28.3. The molecule has 0 amide bonds. The summed E-state index contributed by atoms with van der Waals surface area (Å²) < 4.78 is 5.61. The van der Waals surface area contributed by atoms with Crippen LogP contribution in [0.4, 0.5) is 0 Å². The van der Waals surface area contributed by atoms with Gasteiger partial charge >= 0.3 is 0 Å². The van der Waals surface area contributed by atoms with Crippen LogP contribution in [0.25, 0.3) is 22.3 Å². The maximum Gasteiger partial charge on any atom is 0.212 e. The number of hydrogen-bond acceptors (Lipinski definition) is 2. The second kappa shape index (κ2) is 16.7. The summed E-state index contributed by atoms with van der Waals surface area (Å²) in [6.45, 7) is 2.28. The van der Waals surface area contributed by atoms with E-state index >= 15 is 0 Å². The molecule has 0 bridgehead atoms. The highest BCUT2D eigenvalue weighted by Crippen LogP contribution is 2.41. The fourth-order valence-electron chi connectivity index (χ4n) is 6.81. The fourth-order valence-corrected chi connectivity index (χ4v) is 7.00. The van der Waals surface area contributed by atoms with Gasteiger partial charge in [0.15, 0.2) is 5.75 Å². The van der Waals surface area contributed by atoms with Crippen molar-refractivity contribution in [3.8, 4) is 28.0 Å². The molecule has 0 aliphatic carbocycles. The zero-order valence-electron chi connectivity index (χ0n) is 27.3. The molecule has 0 spiro atoms. The molecule has 47 heavy (non-hydrogen) atoms. The maximum absolute atomic E-state index is 12.5. The highest BCUT2D eigenvalue weighted by Gasteiger charge is 2.29. The highest BCUT2D eigenvalue weighted by atomic mass is 32.1. The van der Waals surface area contributed by atoms with Gasteiger partial charge in [0.25, 0.3) is 0 Å². The molecule has 6 aromatic rings. The lowest BCUT2D eigenvalue weighted by molar-refractivity contribution is 0.102. The molecule has 0 aliphatic heterocycles. The summed E-state index contributed by atoms with van der Waals surface area (Å²) in [6.07, 6.45) is 2.73. The van der Waals surface area contributed by atoms with Crippen LogP contribution >= 0.6 is 0 Å². The largest absolute Gasteiger partial charge is 0.496 e. The van der Waals surface area contributed by atoms with Crippen LogP contribution in [-0.2, 0) is 12.6 Å². The van der Waals surface area contributed by atoms with Crippen LogP contribution in [-0.4, -0.2) is 24.8 Å². The van der Waals surface area contributed by atoms with E-state index < -0.39 is 6.15 Å². The maximum atomic E-state index is 12.5. The van der Waals surface area contributed by atoms with Gasteiger partial charge in [-0.15, -0.1) is 0 Å². The van der Waals surface area contributed by atoms with Gasteiger partial charge in [-0.3, -0.25) is 4.79 Å². The normalized spacial score (nSPS) is 10.9. The van der Waals surface area contributed by atoms with E-state index in [2.05, 4.69) is 111 Å². The molecule has 0 unspecified atom stereocenters. The van der Waals surface area contributed by atoms with Crippen LogP contribution in [0.15, 0.2) is 164 Å². The third-order valence-electron chi connectivity index (χ3n) is 9.07. The Morgan fingerprint density at radius 1 is 0.574 bits per heavy atom. The zero-order chi connectivity index (χ0) is 32.9. The van der Waals surface area contributed by atoms with Crippen molar-refractivity contribution in [2.24, 2.45) is 0 Å². The van der Waals surface area contributed by atoms with E-state index in [0.717, 1.165) is 28.0 Å². The molecule has 0 radical (unpaired) electrons. The number of ketones is 1. The third-order valence-corrected chi connectivity index (χ3v) is 9.39. The predicted octanol–water partition coefficient (Wildman–Crippen LogP) is 8.18. The molecular formula is C43H43BO2S. The number of rotatable bonds is 11. The Hall–Kier alpha value is -4.80. The van der Waals surface area contributed by atoms with Gasteiger partial charge in [0.05, 0.1) is 13.3 Å². The van der Waals surface area contributed by atoms with Crippen LogP contribution in [0.1, 0.15) is 30.1 Å². The van der Waals surface area contributed by atoms with E-state index in [4.69, 9.17) is 4.74 Å². The number of methoxy groups -OCH3 is 1. The minimum atomic E-state index is -0.913. The molecular weight excluding hydrogens is 591 g/mol. The Bertz CT molecular complexity index is 1730. The van der Waals surface area contributed by atoms with Gasteiger partial charge in [0.2, 0.25) is 5.78 Å². The standard InChI is InChI=1S/C22H24B.C21H18O2S/c1-2-3-19-23(20-13-7-4-8-14-20,21-15-9-5-10-16-21)22-17-11-6-12-18-22;1-23-19-13-12-17(18(22)14-24)20(15-8-4-2-5-9-15)21(19)16-10-6-3-7-11-16/h4-18H,2-3,19H2,1H3;2-13,24H,14H2,1H3/q-1;/p+1. The molecule has 6 aromatic carbocycles. The van der Waals surface area contributed by atoms with Gasteiger partial charge < -0.3 is 4.74 Å². The number of unbranched alkanes of at least 4 members (excludes halogenated alkanes) is 1. The Morgan fingerprint density at radius 2 is 0.979 bits per heavy atom. The van der Waals surface area contributed by atoms with Crippen LogP contribution in [0.3, 0.4) is 0 Å². The molecule has 6 rings (SSSR count). The second-order valence-corrected chi connectivity index (χ2v) is 12.2. The highest BCUT2D eigenvalue weighted by molar-refractivity contribution is 7.59. The molecule has 0 aromatic heterocycles. The number of hydrogen-bond donors (Lipinski definition) is 0. The first-order valence-corrected chi connectivity index (χ1v) is 17.2. The summed E-state index contributed by atoms with van der Waals surface area (Å²) >= 11 is 3.35. The summed E-state index contributed by atoms with van der Waals surface area (Å²) in [5.41, 5.74) is 8.89. The topological polar surface area (TPSA) is 26.3 Å². The molecule has 236 valence electrons. The average molecular weight is 635 g/mol. The molecule has 4 heteroatoms. The van der Waals surface area contributed by atoms with Gasteiger partial charge in [0, 0.05) is 16.7 Å². The first-order valence-electron chi connectivity index (χ1n) is 16.5. The first kappa shape index (κ1) is 33.6. The minimum Gasteiger partial charge on any atom is -0.496 e. The van der Waals surface area contributed by atoms with Crippen molar-refractivity contribution in [1.29, 1.82) is 0 Å². The molecule has 0 heterocycles. The molecule has 0 aliphatic rings. The summed E-state index contributed by atoms with van der Waals surface area (Å²) in [7, 11) is 1.65. The smallest absolute Gasteiger partial charge is 0.212 e. The summed E-state index contributed by atoms with van der Waals surface area (Å²) in [5.74, 6) is 1.08. The van der Waals surface area contributed by atoms with Crippen molar-refractivity contribution in [1.82, 2.24) is 0 Å². The summed E-state index contributed by atoms with van der Waals surface area (Å²) in [5, 5.41) is 0. The number of carbonyl (C=O) groups is 1. The Balaban J connectivity index is 0.000000185. The third kappa shape index (κ3) is 7.61. The number of Topliss-reactive ketones (excluding diaryl/α,β-unsaturated/α-hetero) is 1. The number of carbonyl (C=O) groups excluding carboxylic acids is 1. The lowest BCUT2D eigenvalue weighted by Crippen LogP contribution is -2.66. The van der Waals surface area contributed by atoms with Gasteiger partial charge in [-0.1, -0.05) is 171 Å². The van der Waals surface area contributed by atoms with Crippen LogP contribution < -0.4 is 21.1 Å². The Morgan fingerprint density at radius 3 is 1.36 bits per heavy atom. The summed E-state index contributed by atoms with van der Waals surface area (Å²) in [6, 6.07) is 56.9. The lowest BCUT2D eigenvalue weighted by atomic mass is 9.14. The molecule has 0 saturated carbocycles. The SMILES string of the molecule is CCCC[B-](c1ccccc1)(c1ccccc1)c1ccccc1.COc1ccc(C(=O)C[SH2+])c(-c2ccccc2)c1-c1ccccc1. The summed E-state index contributed by atoms with van der Waals surface area (Å²) in [4.78, 5) is 12.5. The van der Waals surface area contributed by atoms with Gasteiger partial charge in [-0.25, -0.2) is 0 Å². The van der Waals surface area contributed by atoms with Gasteiger partial charge in [-0.2, -0.15) is 22.7 Å². The number of benzene rings is 6. The second-order valence-electron chi connectivity index (χ2n) is 11.8. The average Bonchev–Trinajstić information content (AvgIpc) is 3.16. The van der Waals surface area contributed by atoms with Gasteiger partial charge in [-0.05, 0) is 35.9 Å². The monoisotopic (exact) mass is 634 g/mol. The van der Waals surface area contributed by atoms with E-state index in [1.165, 1.54) is 35.6 Å². The van der Waals surface area contributed by atoms with Gasteiger partial charge in [0.1, 0.15) is 5.75 Å².